The van der Waals surface area contributed by atoms with E-state index in [-0.39, 0.29) is 22.9 Å². The molecule has 0 amide bonds. The van der Waals surface area contributed by atoms with E-state index >= 15 is 0 Å². The third-order valence-corrected chi connectivity index (χ3v) is 5.64. The van der Waals surface area contributed by atoms with E-state index in [1.807, 2.05) is 24.3 Å². The van der Waals surface area contributed by atoms with Gasteiger partial charge in [0.25, 0.3) is 0 Å². The molecule has 0 atom stereocenters. The molecule has 174 valence electrons. The van der Waals surface area contributed by atoms with Gasteiger partial charge in [-0.15, -0.1) is 0 Å². The van der Waals surface area contributed by atoms with Crippen LogP contribution in [0.3, 0.4) is 0 Å². The SMILES string of the molecule is COc1cc(OC)cc(C(=O)Oc2cc(C)c3c(c2)O/C(=C\c2ccc(C(C)C)cc2)C3=O)c1. The van der Waals surface area contributed by atoms with E-state index in [2.05, 4.69) is 13.8 Å². The molecule has 0 bridgehead atoms. The maximum atomic E-state index is 13.0. The molecule has 1 aliphatic heterocycles. The van der Waals surface area contributed by atoms with Crippen LogP contribution in [0.2, 0.25) is 0 Å². The molecule has 4 rings (SSSR count). The van der Waals surface area contributed by atoms with Crippen LogP contribution in [0.4, 0.5) is 0 Å². The average Bonchev–Trinajstić information content (AvgIpc) is 3.14. The second-order valence-electron chi connectivity index (χ2n) is 8.37. The number of methoxy groups -OCH3 is 2. The zero-order chi connectivity index (χ0) is 24.4. The lowest BCUT2D eigenvalue weighted by atomic mass is 10.0. The van der Waals surface area contributed by atoms with Crippen LogP contribution in [-0.4, -0.2) is 26.0 Å². The van der Waals surface area contributed by atoms with Crippen LogP contribution in [0.25, 0.3) is 6.08 Å². The number of Topliss-reactive ketones (excluding diaryl/α,β-unsaturated/α-hetero) is 1. The minimum absolute atomic E-state index is 0.198. The lowest BCUT2D eigenvalue weighted by Crippen LogP contribution is -2.09. The molecule has 34 heavy (non-hydrogen) atoms. The van der Waals surface area contributed by atoms with Crippen LogP contribution in [0.1, 0.15) is 57.2 Å². The number of carbonyl (C=O) groups is 2. The van der Waals surface area contributed by atoms with Gasteiger partial charge < -0.3 is 18.9 Å². The van der Waals surface area contributed by atoms with Crippen molar-refractivity contribution < 1.29 is 28.5 Å². The van der Waals surface area contributed by atoms with Gasteiger partial charge in [0.2, 0.25) is 5.78 Å². The Labute approximate surface area is 198 Å². The summed E-state index contributed by atoms with van der Waals surface area (Å²) in [5, 5.41) is 0. The van der Waals surface area contributed by atoms with Crippen LogP contribution in [0.5, 0.6) is 23.0 Å². The molecular weight excluding hydrogens is 432 g/mol. The van der Waals surface area contributed by atoms with Crippen molar-refractivity contribution in [1.82, 2.24) is 0 Å². The highest BCUT2D eigenvalue weighted by Gasteiger charge is 2.30. The Hall–Kier alpha value is -4.06. The molecule has 0 saturated heterocycles. The Bertz CT molecular complexity index is 1260. The predicted molar refractivity (Wildman–Crippen MR) is 129 cm³/mol. The van der Waals surface area contributed by atoms with Crippen molar-refractivity contribution in [2.45, 2.75) is 26.7 Å². The quantitative estimate of drug-likeness (QED) is 0.257. The molecule has 0 aromatic heterocycles. The summed E-state index contributed by atoms with van der Waals surface area (Å²) >= 11 is 0. The maximum Gasteiger partial charge on any atom is 0.343 e. The largest absolute Gasteiger partial charge is 0.497 e. The number of allylic oxidation sites excluding steroid dienone is 1. The smallest absolute Gasteiger partial charge is 0.343 e. The third-order valence-electron chi connectivity index (χ3n) is 5.64. The molecule has 3 aromatic rings. The van der Waals surface area contributed by atoms with E-state index in [1.54, 1.807) is 43.3 Å². The normalized spacial score (nSPS) is 13.6. The van der Waals surface area contributed by atoms with Crippen molar-refractivity contribution in [1.29, 1.82) is 0 Å². The number of hydrogen-bond donors (Lipinski definition) is 0. The summed E-state index contributed by atoms with van der Waals surface area (Å²) in [7, 11) is 3.01. The number of carbonyl (C=O) groups excluding carboxylic acids is 2. The Morgan fingerprint density at radius 1 is 0.912 bits per heavy atom. The van der Waals surface area contributed by atoms with E-state index in [4.69, 9.17) is 18.9 Å². The first-order valence-corrected chi connectivity index (χ1v) is 10.9. The number of hydrogen-bond acceptors (Lipinski definition) is 6. The molecule has 0 radical (unpaired) electrons. The van der Waals surface area contributed by atoms with Crippen LogP contribution in [0, 0.1) is 6.92 Å². The van der Waals surface area contributed by atoms with Gasteiger partial charge in [0.05, 0.1) is 25.3 Å². The molecular formula is C28H26O6. The first-order chi connectivity index (χ1) is 16.3. The monoisotopic (exact) mass is 458 g/mol. The average molecular weight is 459 g/mol. The van der Waals surface area contributed by atoms with Crippen molar-refractivity contribution in [3.05, 3.63) is 88.2 Å². The molecule has 0 fully saturated rings. The Morgan fingerprint density at radius 3 is 2.15 bits per heavy atom. The zero-order valence-electron chi connectivity index (χ0n) is 19.8. The summed E-state index contributed by atoms with van der Waals surface area (Å²) in [5.41, 5.74) is 3.49. The highest BCUT2D eigenvalue weighted by Crippen LogP contribution is 2.38. The van der Waals surface area contributed by atoms with E-state index in [9.17, 15) is 9.59 Å². The molecule has 0 N–H and O–H groups in total. The minimum atomic E-state index is -0.582. The predicted octanol–water partition coefficient (Wildman–Crippen LogP) is 5.97. The molecule has 1 aliphatic rings. The number of fused-ring (bicyclic) bond motifs is 1. The first kappa shape index (κ1) is 23.1. The Balaban J connectivity index is 1.58. The Kier molecular flexibility index (Phi) is 6.41. The third kappa shape index (κ3) is 4.66. The van der Waals surface area contributed by atoms with Crippen LogP contribution in [-0.2, 0) is 0 Å². The standard InChI is InChI=1S/C28H26O6/c1-16(2)19-8-6-18(7-9-19)11-25-27(29)26-17(3)10-23(15-24(26)34-25)33-28(30)20-12-21(31-4)14-22(13-20)32-5/h6-16H,1-5H3/b25-11-. The number of esters is 1. The van der Waals surface area contributed by atoms with E-state index in [0.717, 1.165) is 5.56 Å². The van der Waals surface area contributed by atoms with Crippen molar-refractivity contribution in [3.63, 3.8) is 0 Å². The number of rotatable bonds is 6. The van der Waals surface area contributed by atoms with Crippen molar-refractivity contribution >= 4 is 17.8 Å². The van der Waals surface area contributed by atoms with Gasteiger partial charge in [-0.1, -0.05) is 38.1 Å². The van der Waals surface area contributed by atoms with Gasteiger partial charge in [-0.25, -0.2) is 4.79 Å². The second-order valence-corrected chi connectivity index (χ2v) is 8.37. The lowest BCUT2D eigenvalue weighted by molar-refractivity contribution is 0.0733. The van der Waals surface area contributed by atoms with E-state index < -0.39 is 5.97 Å². The minimum Gasteiger partial charge on any atom is -0.497 e. The van der Waals surface area contributed by atoms with Crippen molar-refractivity contribution in [2.75, 3.05) is 14.2 Å². The fraction of sp³-hybridized carbons (Fsp3) is 0.214. The number of aryl methyl sites for hydroxylation is 1. The second kappa shape index (κ2) is 9.43. The summed E-state index contributed by atoms with van der Waals surface area (Å²) in [5.74, 6) is 1.47. The zero-order valence-corrected chi connectivity index (χ0v) is 19.8. The summed E-state index contributed by atoms with van der Waals surface area (Å²) in [4.78, 5) is 25.7. The van der Waals surface area contributed by atoms with Gasteiger partial charge in [-0.2, -0.15) is 0 Å². The highest BCUT2D eigenvalue weighted by molar-refractivity contribution is 6.15. The van der Waals surface area contributed by atoms with E-state index in [0.29, 0.717) is 34.3 Å². The first-order valence-electron chi connectivity index (χ1n) is 10.9. The fourth-order valence-electron chi connectivity index (χ4n) is 3.76. The van der Waals surface area contributed by atoms with Gasteiger partial charge in [0, 0.05) is 12.1 Å². The summed E-state index contributed by atoms with van der Waals surface area (Å²) in [6.45, 7) is 6.05. The summed E-state index contributed by atoms with van der Waals surface area (Å²) in [6, 6.07) is 16.0. The van der Waals surface area contributed by atoms with Crippen molar-refractivity contribution in [2.24, 2.45) is 0 Å². The molecule has 0 aliphatic carbocycles. The van der Waals surface area contributed by atoms with E-state index in [1.165, 1.54) is 19.8 Å². The van der Waals surface area contributed by atoms with Crippen molar-refractivity contribution in [3.8, 4) is 23.0 Å². The molecule has 3 aromatic carbocycles. The van der Waals surface area contributed by atoms with Gasteiger partial charge in [-0.3, -0.25) is 4.79 Å². The summed E-state index contributed by atoms with van der Waals surface area (Å²) in [6.07, 6.45) is 1.72. The topological polar surface area (TPSA) is 71.1 Å². The molecule has 0 spiro atoms. The molecule has 6 heteroatoms. The Morgan fingerprint density at radius 2 is 1.56 bits per heavy atom. The highest BCUT2D eigenvalue weighted by atomic mass is 16.5. The number of ether oxygens (including phenoxy) is 4. The fourth-order valence-corrected chi connectivity index (χ4v) is 3.76. The van der Waals surface area contributed by atoms with Crippen LogP contribution >= 0.6 is 0 Å². The molecule has 6 nitrogen and oxygen atoms in total. The summed E-state index contributed by atoms with van der Waals surface area (Å²) < 4.78 is 21.9. The maximum absolute atomic E-state index is 13.0. The molecule has 0 saturated carbocycles. The van der Waals surface area contributed by atoms with Crippen LogP contribution < -0.4 is 18.9 Å². The van der Waals surface area contributed by atoms with Gasteiger partial charge >= 0.3 is 5.97 Å². The van der Waals surface area contributed by atoms with Crippen LogP contribution in [0.15, 0.2) is 60.4 Å². The van der Waals surface area contributed by atoms with Gasteiger partial charge in [0.1, 0.15) is 23.0 Å². The number of benzene rings is 3. The molecule has 0 unspecified atom stereocenters. The number of ketones is 1. The lowest BCUT2D eigenvalue weighted by Gasteiger charge is -2.10. The van der Waals surface area contributed by atoms with Gasteiger partial charge in [-0.05, 0) is 53.8 Å². The van der Waals surface area contributed by atoms with Gasteiger partial charge in [0.15, 0.2) is 5.76 Å². The molecule has 1 heterocycles.